The minimum Gasteiger partial charge on any atom is -0.374 e. The van der Waals surface area contributed by atoms with Gasteiger partial charge in [-0.05, 0) is 19.1 Å². The fourth-order valence-electron chi connectivity index (χ4n) is 2.08. The van der Waals surface area contributed by atoms with Gasteiger partial charge in [-0.15, -0.1) is 0 Å². The third kappa shape index (κ3) is 4.61. The normalized spacial score (nSPS) is 11.2. The SMILES string of the molecule is Cc1ncc(CNCCOCC(F)F)n1-c1ccccc1. The lowest BCUT2D eigenvalue weighted by Crippen LogP contribution is -2.22. The summed E-state index contributed by atoms with van der Waals surface area (Å²) in [5.74, 6) is 0.909. The molecular weight excluding hydrogens is 276 g/mol. The Bertz CT molecular complexity index is 543. The van der Waals surface area contributed by atoms with E-state index in [9.17, 15) is 8.78 Å². The molecule has 1 heterocycles. The van der Waals surface area contributed by atoms with Gasteiger partial charge >= 0.3 is 0 Å². The predicted molar refractivity (Wildman–Crippen MR) is 76.8 cm³/mol. The van der Waals surface area contributed by atoms with Gasteiger partial charge in [0.05, 0.1) is 18.5 Å². The zero-order valence-corrected chi connectivity index (χ0v) is 11.9. The van der Waals surface area contributed by atoms with E-state index < -0.39 is 13.0 Å². The molecular formula is C15H19F2N3O. The van der Waals surface area contributed by atoms with Gasteiger partial charge in [0, 0.05) is 18.8 Å². The molecule has 0 unspecified atom stereocenters. The van der Waals surface area contributed by atoms with Gasteiger partial charge in [-0.3, -0.25) is 4.57 Å². The zero-order chi connectivity index (χ0) is 15.1. The molecule has 0 atom stereocenters. The van der Waals surface area contributed by atoms with Crippen molar-refractivity contribution in [1.29, 1.82) is 0 Å². The van der Waals surface area contributed by atoms with Crippen molar-refractivity contribution in [1.82, 2.24) is 14.9 Å². The van der Waals surface area contributed by atoms with Crippen molar-refractivity contribution in [2.75, 3.05) is 19.8 Å². The number of aromatic nitrogens is 2. The second kappa shape index (κ2) is 7.85. The average Bonchev–Trinajstić information content (AvgIpc) is 2.84. The van der Waals surface area contributed by atoms with Crippen LogP contribution in [0.25, 0.3) is 5.69 Å². The van der Waals surface area contributed by atoms with Gasteiger partial charge < -0.3 is 10.1 Å². The fraction of sp³-hybridized carbons (Fsp3) is 0.400. The summed E-state index contributed by atoms with van der Waals surface area (Å²) in [5.41, 5.74) is 2.07. The van der Waals surface area contributed by atoms with E-state index in [4.69, 9.17) is 4.74 Å². The van der Waals surface area contributed by atoms with Crippen LogP contribution < -0.4 is 5.32 Å². The molecule has 0 aliphatic carbocycles. The van der Waals surface area contributed by atoms with Crippen molar-refractivity contribution in [3.8, 4) is 5.69 Å². The van der Waals surface area contributed by atoms with Crippen molar-refractivity contribution in [3.05, 3.63) is 48.0 Å². The van der Waals surface area contributed by atoms with E-state index in [2.05, 4.69) is 14.9 Å². The third-order valence-electron chi connectivity index (χ3n) is 3.00. The highest BCUT2D eigenvalue weighted by molar-refractivity contribution is 5.35. The van der Waals surface area contributed by atoms with E-state index in [1.54, 1.807) is 0 Å². The summed E-state index contributed by atoms with van der Waals surface area (Å²) in [4.78, 5) is 4.32. The van der Waals surface area contributed by atoms with Gasteiger partial charge in [0.15, 0.2) is 0 Å². The van der Waals surface area contributed by atoms with Crippen LogP contribution in [0.4, 0.5) is 8.78 Å². The van der Waals surface area contributed by atoms with Crippen LogP contribution in [0.1, 0.15) is 11.5 Å². The van der Waals surface area contributed by atoms with Crippen molar-refractivity contribution >= 4 is 0 Å². The molecule has 1 aromatic heterocycles. The van der Waals surface area contributed by atoms with Gasteiger partial charge in [0.25, 0.3) is 6.43 Å². The highest BCUT2D eigenvalue weighted by Gasteiger charge is 2.08. The molecule has 0 aliphatic rings. The Kier molecular flexibility index (Phi) is 5.83. The number of halogens is 2. The summed E-state index contributed by atoms with van der Waals surface area (Å²) in [6.07, 6.45) is -0.595. The van der Waals surface area contributed by atoms with Crippen LogP contribution >= 0.6 is 0 Å². The van der Waals surface area contributed by atoms with Crippen LogP contribution in [-0.4, -0.2) is 35.7 Å². The topological polar surface area (TPSA) is 39.1 Å². The van der Waals surface area contributed by atoms with Crippen molar-refractivity contribution < 1.29 is 13.5 Å². The number of aryl methyl sites for hydroxylation is 1. The van der Waals surface area contributed by atoms with Gasteiger partial charge in [0.1, 0.15) is 12.4 Å². The molecule has 4 nitrogen and oxygen atoms in total. The third-order valence-corrected chi connectivity index (χ3v) is 3.00. The zero-order valence-electron chi connectivity index (χ0n) is 11.9. The number of imidazole rings is 1. The molecule has 0 aliphatic heterocycles. The van der Waals surface area contributed by atoms with E-state index in [0.29, 0.717) is 13.1 Å². The van der Waals surface area contributed by atoms with Crippen LogP contribution in [0.5, 0.6) is 0 Å². The molecule has 6 heteroatoms. The number of rotatable bonds is 8. The van der Waals surface area contributed by atoms with Gasteiger partial charge in [-0.2, -0.15) is 0 Å². The molecule has 0 amide bonds. The number of nitrogens with one attached hydrogen (secondary N) is 1. The first-order valence-corrected chi connectivity index (χ1v) is 6.83. The highest BCUT2D eigenvalue weighted by atomic mass is 19.3. The molecule has 0 saturated heterocycles. The number of nitrogens with zero attached hydrogens (tertiary/aromatic N) is 2. The largest absolute Gasteiger partial charge is 0.374 e. The predicted octanol–water partition coefficient (Wildman–Crippen LogP) is 2.55. The standard InChI is InChI=1S/C15H19F2N3O/c1-12-19-10-14(9-18-7-8-21-11-15(16)17)20(12)13-5-3-2-4-6-13/h2-6,10,15,18H,7-9,11H2,1H3. The van der Waals surface area contributed by atoms with Crippen molar-refractivity contribution in [3.63, 3.8) is 0 Å². The van der Waals surface area contributed by atoms with E-state index >= 15 is 0 Å². The molecule has 1 N–H and O–H groups in total. The molecule has 2 aromatic rings. The van der Waals surface area contributed by atoms with E-state index in [1.807, 2.05) is 43.5 Å². The number of hydrogen-bond acceptors (Lipinski definition) is 3. The monoisotopic (exact) mass is 295 g/mol. The Labute approximate surface area is 122 Å². The Morgan fingerprint density at radius 1 is 1.29 bits per heavy atom. The Morgan fingerprint density at radius 2 is 2.05 bits per heavy atom. The Morgan fingerprint density at radius 3 is 2.76 bits per heavy atom. The first-order chi connectivity index (χ1) is 10.2. The molecule has 0 spiro atoms. The Balaban J connectivity index is 1.87. The molecule has 21 heavy (non-hydrogen) atoms. The van der Waals surface area contributed by atoms with E-state index in [1.165, 1.54) is 0 Å². The summed E-state index contributed by atoms with van der Waals surface area (Å²) in [6, 6.07) is 9.95. The average molecular weight is 295 g/mol. The van der Waals surface area contributed by atoms with Crippen LogP contribution in [0, 0.1) is 6.92 Å². The fourth-order valence-corrected chi connectivity index (χ4v) is 2.08. The van der Waals surface area contributed by atoms with Crippen LogP contribution in [0.2, 0.25) is 0 Å². The molecule has 0 saturated carbocycles. The summed E-state index contributed by atoms with van der Waals surface area (Å²) in [5, 5.41) is 3.17. The van der Waals surface area contributed by atoms with Gasteiger partial charge in [-0.1, -0.05) is 18.2 Å². The van der Waals surface area contributed by atoms with Crippen molar-refractivity contribution in [2.45, 2.75) is 19.9 Å². The molecule has 0 radical (unpaired) electrons. The second-order valence-electron chi connectivity index (χ2n) is 4.61. The number of alkyl halides is 2. The van der Waals surface area contributed by atoms with Gasteiger partial charge in [-0.25, -0.2) is 13.8 Å². The van der Waals surface area contributed by atoms with Crippen LogP contribution in [0.3, 0.4) is 0 Å². The number of ether oxygens (including phenoxy) is 1. The molecule has 1 aromatic carbocycles. The molecule has 114 valence electrons. The minimum absolute atomic E-state index is 0.267. The first-order valence-electron chi connectivity index (χ1n) is 6.83. The number of para-hydroxylation sites is 1. The Hall–Kier alpha value is -1.79. The lowest BCUT2D eigenvalue weighted by molar-refractivity contribution is 0.0187. The highest BCUT2D eigenvalue weighted by Crippen LogP contribution is 2.14. The smallest absolute Gasteiger partial charge is 0.261 e. The lowest BCUT2D eigenvalue weighted by atomic mass is 10.3. The van der Waals surface area contributed by atoms with Gasteiger partial charge in [0.2, 0.25) is 0 Å². The summed E-state index contributed by atoms with van der Waals surface area (Å²) in [7, 11) is 0. The number of benzene rings is 1. The van der Waals surface area contributed by atoms with Crippen LogP contribution in [-0.2, 0) is 11.3 Å². The van der Waals surface area contributed by atoms with Crippen molar-refractivity contribution in [2.24, 2.45) is 0 Å². The van der Waals surface area contributed by atoms with E-state index in [0.717, 1.165) is 17.2 Å². The first kappa shape index (κ1) is 15.6. The lowest BCUT2D eigenvalue weighted by Gasteiger charge is -2.11. The molecule has 0 fully saturated rings. The maximum Gasteiger partial charge on any atom is 0.261 e. The minimum atomic E-state index is -2.41. The van der Waals surface area contributed by atoms with E-state index in [-0.39, 0.29) is 6.61 Å². The quantitative estimate of drug-likeness (QED) is 0.761. The molecule has 2 rings (SSSR count). The number of hydrogen-bond donors (Lipinski definition) is 1. The maximum atomic E-state index is 11.9. The molecule has 0 bridgehead atoms. The maximum absolute atomic E-state index is 11.9. The second-order valence-corrected chi connectivity index (χ2v) is 4.61. The summed E-state index contributed by atoms with van der Waals surface area (Å²) < 4.78 is 30.7. The summed E-state index contributed by atoms with van der Waals surface area (Å²) in [6.45, 7) is 2.83. The summed E-state index contributed by atoms with van der Waals surface area (Å²) >= 11 is 0. The van der Waals surface area contributed by atoms with Crippen LogP contribution in [0.15, 0.2) is 36.5 Å².